The Morgan fingerprint density at radius 1 is 1.38 bits per heavy atom. The fourth-order valence-corrected chi connectivity index (χ4v) is 3.25. The van der Waals surface area contributed by atoms with E-state index >= 15 is 0 Å². The molecule has 1 amide bonds. The summed E-state index contributed by atoms with van der Waals surface area (Å²) in [6.07, 6.45) is 4.00. The summed E-state index contributed by atoms with van der Waals surface area (Å²) < 4.78 is 6.97. The monoisotopic (exact) mass is 332 g/mol. The molecule has 0 unspecified atom stereocenters. The third kappa shape index (κ3) is 3.19. The lowest BCUT2D eigenvalue weighted by Gasteiger charge is -2.25. The van der Waals surface area contributed by atoms with Crippen LogP contribution >= 0.6 is 0 Å². The van der Waals surface area contributed by atoms with Gasteiger partial charge in [0.2, 0.25) is 11.8 Å². The third-order valence-corrected chi connectivity index (χ3v) is 4.72. The van der Waals surface area contributed by atoms with Crippen LogP contribution in [0.2, 0.25) is 0 Å². The van der Waals surface area contributed by atoms with Gasteiger partial charge in [0.05, 0.1) is 12.2 Å². The molecule has 1 N–H and O–H groups in total. The van der Waals surface area contributed by atoms with Gasteiger partial charge in [-0.15, -0.1) is 0 Å². The topological polar surface area (TPSA) is 89.1 Å². The lowest BCUT2D eigenvalue weighted by Crippen LogP contribution is -2.36. The summed E-state index contributed by atoms with van der Waals surface area (Å²) in [5.74, 6) is 1.48. The summed E-state index contributed by atoms with van der Waals surface area (Å²) in [7, 11) is 3.78. The fraction of sp³-hybridized carbons (Fsp3) is 0.625. The van der Waals surface area contributed by atoms with Crippen LogP contribution in [0.4, 0.5) is 0 Å². The quantitative estimate of drug-likeness (QED) is 0.791. The number of likely N-dealkylation sites (N-methyl/N-ethyl adjacent to an activating group) is 1. The maximum absolute atomic E-state index is 12.2. The number of hydrogen-bond donors (Lipinski definition) is 1. The van der Waals surface area contributed by atoms with E-state index in [1.54, 1.807) is 0 Å². The van der Waals surface area contributed by atoms with Crippen molar-refractivity contribution in [3.8, 4) is 0 Å². The van der Waals surface area contributed by atoms with Crippen molar-refractivity contribution < 1.29 is 9.32 Å². The highest BCUT2D eigenvalue weighted by Gasteiger charge is 2.39. The molecule has 1 aliphatic heterocycles. The average molecular weight is 332 g/mol. The zero-order valence-corrected chi connectivity index (χ0v) is 14.6. The molecular formula is C16H24N6O2. The Balaban J connectivity index is 1.60. The minimum absolute atomic E-state index is 0.0249. The van der Waals surface area contributed by atoms with E-state index in [0.717, 1.165) is 30.6 Å². The van der Waals surface area contributed by atoms with Crippen LogP contribution in [0.3, 0.4) is 0 Å². The number of carbonyl (C=O) groups is 1. The lowest BCUT2D eigenvalue weighted by molar-refractivity contribution is -0.127. The van der Waals surface area contributed by atoms with Crippen molar-refractivity contribution >= 4 is 5.91 Å². The first-order valence-corrected chi connectivity index (χ1v) is 8.24. The van der Waals surface area contributed by atoms with Crippen molar-refractivity contribution in [2.45, 2.75) is 45.2 Å². The molecule has 1 aliphatic rings. The molecule has 8 heteroatoms. The number of likely N-dealkylation sites (tertiary alicyclic amines) is 1. The molecule has 24 heavy (non-hydrogen) atoms. The van der Waals surface area contributed by atoms with E-state index in [4.69, 9.17) is 4.52 Å². The molecule has 0 bridgehead atoms. The van der Waals surface area contributed by atoms with Crippen LogP contribution in [-0.4, -0.2) is 50.4 Å². The van der Waals surface area contributed by atoms with Gasteiger partial charge in [0.1, 0.15) is 0 Å². The molecule has 1 saturated heterocycles. The molecule has 0 saturated carbocycles. The Morgan fingerprint density at radius 3 is 2.79 bits per heavy atom. The first-order chi connectivity index (χ1) is 11.5. The SMILES string of the molecule is Cc1noc(CCCN[C@@H]2CC(=O)N(C)[C@H]2c2cnn(C)c2C)n1. The van der Waals surface area contributed by atoms with Gasteiger partial charge in [-0.1, -0.05) is 5.16 Å². The van der Waals surface area contributed by atoms with Gasteiger partial charge in [-0.05, 0) is 26.8 Å². The highest BCUT2D eigenvalue weighted by atomic mass is 16.5. The molecule has 2 aromatic rings. The Hall–Kier alpha value is -2.22. The van der Waals surface area contributed by atoms with Gasteiger partial charge in [-0.2, -0.15) is 10.1 Å². The number of carbonyl (C=O) groups excluding carboxylic acids is 1. The van der Waals surface area contributed by atoms with Crippen LogP contribution in [-0.2, 0) is 18.3 Å². The molecule has 0 aliphatic carbocycles. The molecule has 3 rings (SSSR count). The Bertz CT molecular complexity index is 722. The first-order valence-electron chi connectivity index (χ1n) is 8.24. The van der Waals surface area contributed by atoms with Crippen molar-refractivity contribution in [3.63, 3.8) is 0 Å². The zero-order valence-electron chi connectivity index (χ0n) is 14.6. The summed E-state index contributed by atoms with van der Waals surface area (Å²) in [4.78, 5) is 18.2. The Kier molecular flexibility index (Phi) is 4.66. The number of hydrogen-bond acceptors (Lipinski definition) is 6. The van der Waals surface area contributed by atoms with E-state index in [0.29, 0.717) is 18.1 Å². The number of nitrogens with one attached hydrogen (secondary N) is 1. The first kappa shape index (κ1) is 16.6. The lowest BCUT2D eigenvalue weighted by atomic mass is 10.0. The van der Waals surface area contributed by atoms with Gasteiger partial charge in [-0.3, -0.25) is 9.48 Å². The predicted molar refractivity (Wildman–Crippen MR) is 87.2 cm³/mol. The fourth-order valence-electron chi connectivity index (χ4n) is 3.25. The molecular weight excluding hydrogens is 308 g/mol. The van der Waals surface area contributed by atoms with Gasteiger partial charge in [0, 0.05) is 44.2 Å². The summed E-state index contributed by atoms with van der Waals surface area (Å²) in [6, 6.07) is 0.117. The number of amides is 1. The van der Waals surface area contributed by atoms with Gasteiger partial charge in [0.25, 0.3) is 0 Å². The van der Waals surface area contributed by atoms with Crippen LogP contribution < -0.4 is 5.32 Å². The maximum Gasteiger partial charge on any atom is 0.226 e. The number of rotatable bonds is 6. The van der Waals surface area contributed by atoms with Gasteiger partial charge < -0.3 is 14.7 Å². The van der Waals surface area contributed by atoms with Gasteiger partial charge in [-0.25, -0.2) is 0 Å². The van der Waals surface area contributed by atoms with Crippen molar-refractivity contribution in [2.75, 3.05) is 13.6 Å². The number of nitrogens with zero attached hydrogens (tertiary/aromatic N) is 5. The molecule has 3 heterocycles. The molecule has 0 aromatic carbocycles. The minimum atomic E-state index is 0.0249. The highest BCUT2D eigenvalue weighted by Crippen LogP contribution is 2.33. The van der Waals surface area contributed by atoms with Crippen LogP contribution in [0.25, 0.3) is 0 Å². The van der Waals surface area contributed by atoms with Crippen LogP contribution in [0.5, 0.6) is 0 Å². The molecule has 130 valence electrons. The standard InChI is InChI=1S/C16H24N6O2/c1-10-12(9-18-22(10)4)16-13(8-15(23)21(16)3)17-7-5-6-14-19-11(2)20-24-14/h9,13,16-17H,5-8H2,1-4H3/t13-,16+/m1/s1. The Labute approximate surface area is 141 Å². The third-order valence-electron chi connectivity index (χ3n) is 4.72. The molecule has 2 aromatic heterocycles. The highest BCUT2D eigenvalue weighted by molar-refractivity contribution is 5.80. The van der Waals surface area contributed by atoms with Gasteiger partial charge >= 0.3 is 0 Å². The Morgan fingerprint density at radius 2 is 2.17 bits per heavy atom. The van der Waals surface area contributed by atoms with E-state index in [2.05, 4.69) is 20.6 Å². The van der Waals surface area contributed by atoms with E-state index < -0.39 is 0 Å². The van der Waals surface area contributed by atoms with Crippen molar-refractivity contribution in [1.29, 1.82) is 0 Å². The molecule has 2 atom stereocenters. The van der Waals surface area contributed by atoms with Crippen LogP contribution in [0.15, 0.2) is 10.7 Å². The van der Waals surface area contributed by atoms with Crippen LogP contribution in [0.1, 0.15) is 41.9 Å². The van der Waals surface area contributed by atoms with E-state index in [9.17, 15) is 4.79 Å². The summed E-state index contributed by atoms with van der Waals surface area (Å²) in [5, 5.41) is 11.6. The molecule has 8 nitrogen and oxygen atoms in total. The zero-order chi connectivity index (χ0) is 17.3. The number of aryl methyl sites for hydroxylation is 3. The molecule has 1 fully saturated rings. The minimum Gasteiger partial charge on any atom is -0.339 e. The summed E-state index contributed by atoms with van der Waals surface area (Å²) in [6.45, 7) is 4.64. The second kappa shape index (κ2) is 6.72. The molecule has 0 spiro atoms. The second-order valence-corrected chi connectivity index (χ2v) is 6.36. The van der Waals surface area contributed by atoms with Gasteiger partial charge in [0.15, 0.2) is 5.82 Å². The summed E-state index contributed by atoms with van der Waals surface area (Å²) in [5.41, 5.74) is 2.20. The van der Waals surface area contributed by atoms with Crippen LogP contribution in [0, 0.1) is 13.8 Å². The van der Waals surface area contributed by atoms with Crippen molar-refractivity contribution in [3.05, 3.63) is 29.2 Å². The maximum atomic E-state index is 12.2. The van der Waals surface area contributed by atoms with Crippen molar-refractivity contribution in [1.82, 2.24) is 30.1 Å². The second-order valence-electron chi connectivity index (χ2n) is 6.36. The predicted octanol–water partition coefficient (Wildman–Crippen LogP) is 0.914. The van der Waals surface area contributed by atoms with E-state index in [1.165, 1.54) is 0 Å². The normalized spacial score (nSPS) is 21.0. The van der Waals surface area contributed by atoms with E-state index in [-0.39, 0.29) is 18.0 Å². The van der Waals surface area contributed by atoms with E-state index in [1.807, 2.05) is 43.7 Å². The molecule has 0 radical (unpaired) electrons. The smallest absolute Gasteiger partial charge is 0.226 e. The average Bonchev–Trinajstić information content (AvgIpc) is 3.18. The largest absolute Gasteiger partial charge is 0.339 e. The number of aromatic nitrogens is 4. The summed E-state index contributed by atoms with van der Waals surface area (Å²) >= 11 is 0. The van der Waals surface area contributed by atoms with Crippen molar-refractivity contribution in [2.24, 2.45) is 7.05 Å².